The smallest absolute Gasteiger partial charge is 0.407 e. The van der Waals surface area contributed by atoms with Crippen LogP contribution < -0.4 is 15.7 Å². The fraction of sp³-hybridized carbons (Fsp3) is 0.581. The first-order chi connectivity index (χ1) is 17.4. The molecule has 0 aromatic heterocycles. The van der Waals surface area contributed by atoms with Crippen molar-refractivity contribution in [3.8, 4) is 0 Å². The molecule has 204 valence electrons. The molecule has 1 saturated carbocycles. The first-order valence-electron chi connectivity index (χ1n) is 13.8. The summed E-state index contributed by atoms with van der Waals surface area (Å²) in [6.45, 7) is 15.8. The van der Waals surface area contributed by atoms with Crippen LogP contribution in [0.15, 0.2) is 60.7 Å². The van der Waals surface area contributed by atoms with E-state index in [-0.39, 0.29) is 17.2 Å². The molecule has 0 radical (unpaired) electrons. The van der Waals surface area contributed by atoms with E-state index in [0.29, 0.717) is 12.5 Å². The molecule has 2 aromatic rings. The van der Waals surface area contributed by atoms with Crippen molar-refractivity contribution in [2.75, 3.05) is 13.2 Å². The van der Waals surface area contributed by atoms with Crippen molar-refractivity contribution in [3.05, 3.63) is 60.7 Å². The van der Waals surface area contributed by atoms with E-state index in [4.69, 9.17) is 13.9 Å². The fourth-order valence-electron chi connectivity index (χ4n) is 5.30. The Morgan fingerprint density at radius 3 is 1.86 bits per heavy atom. The van der Waals surface area contributed by atoms with Crippen molar-refractivity contribution in [3.63, 3.8) is 0 Å². The zero-order valence-corrected chi connectivity index (χ0v) is 24.9. The summed E-state index contributed by atoms with van der Waals surface area (Å²) in [5.41, 5.74) is -0.500. The van der Waals surface area contributed by atoms with E-state index in [2.05, 4.69) is 86.8 Å². The van der Waals surface area contributed by atoms with Crippen molar-refractivity contribution >= 4 is 24.8 Å². The number of hydrogen-bond acceptors (Lipinski definition) is 4. The minimum absolute atomic E-state index is 0.00665. The van der Waals surface area contributed by atoms with Gasteiger partial charge in [0.2, 0.25) is 0 Å². The van der Waals surface area contributed by atoms with Gasteiger partial charge in [-0.05, 0) is 74.7 Å². The van der Waals surface area contributed by atoms with Gasteiger partial charge in [-0.1, -0.05) is 81.4 Å². The molecule has 1 amide bonds. The molecule has 0 aliphatic heterocycles. The van der Waals surface area contributed by atoms with E-state index >= 15 is 0 Å². The highest BCUT2D eigenvalue weighted by Gasteiger charge is 2.50. The summed E-state index contributed by atoms with van der Waals surface area (Å²) in [5.74, 6) is 0.527. The monoisotopic (exact) mass is 525 g/mol. The molecular formula is C31H47NO4Si. The Hall–Kier alpha value is -2.15. The Balaban J connectivity index is 1.58. The van der Waals surface area contributed by atoms with Crippen LogP contribution in [0.25, 0.3) is 0 Å². The number of nitrogens with one attached hydrogen (secondary N) is 1. The molecule has 1 unspecified atom stereocenters. The van der Waals surface area contributed by atoms with Crippen LogP contribution in [0.4, 0.5) is 4.79 Å². The number of amides is 1. The molecule has 0 heterocycles. The second-order valence-electron chi connectivity index (χ2n) is 12.5. The molecule has 1 fully saturated rings. The van der Waals surface area contributed by atoms with Gasteiger partial charge in [-0.3, -0.25) is 0 Å². The molecule has 1 aliphatic carbocycles. The number of alkyl carbamates (subject to hydrolysis) is 1. The molecule has 5 nitrogen and oxygen atoms in total. The molecule has 1 aliphatic rings. The number of benzene rings is 2. The Morgan fingerprint density at radius 2 is 1.41 bits per heavy atom. The van der Waals surface area contributed by atoms with Crippen LogP contribution in [0.3, 0.4) is 0 Å². The Bertz CT molecular complexity index is 921. The third kappa shape index (κ3) is 8.16. The van der Waals surface area contributed by atoms with E-state index < -0.39 is 20.0 Å². The second-order valence-corrected chi connectivity index (χ2v) is 16.8. The zero-order chi connectivity index (χ0) is 27.1. The molecule has 1 atom stereocenters. The van der Waals surface area contributed by atoms with Crippen LogP contribution >= 0.6 is 0 Å². The number of carbonyl (C=O) groups is 1. The van der Waals surface area contributed by atoms with Gasteiger partial charge in [-0.2, -0.15) is 0 Å². The first-order valence-corrected chi connectivity index (χ1v) is 15.7. The van der Waals surface area contributed by atoms with Crippen LogP contribution in [-0.4, -0.2) is 45.4 Å². The van der Waals surface area contributed by atoms with Gasteiger partial charge < -0.3 is 19.2 Å². The Kier molecular flexibility index (Phi) is 10.0. The van der Waals surface area contributed by atoms with E-state index in [0.717, 1.165) is 32.3 Å². The van der Waals surface area contributed by atoms with Crippen LogP contribution in [-0.2, 0) is 13.9 Å². The number of ether oxygens (including phenoxy) is 2. The largest absolute Gasteiger partial charge is 0.444 e. The maximum atomic E-state index is 12.0. The van der Waals surface area contributed by atoms with E-state index in [1.165, 1.54) is 10.4 Å². The molecule has 1 N–H and O–H groups in total. The van der Waals surface area contributed by atoms with E-state index in [9.17, 15) is 4.79 Å². The first kappa shape index (κ1) is 29.4. The Morgan fingerprint density at radius 1 is 0.892 bits per heavy atom. The van der Waals surface area contributed by atoms with Gasteiger partial charge in [0, 0.05) is 6.61 Å². The highest BCUT2D eigenvalue weighted by Crippen LogP contribution is 2.38. The lowest BCUT2D eigenvalue weighted by atomic mass is 9.88. The predicted molar refractivity (Wildman–Crippen MR) is 154 cm³/mol. The van der Waals surface area contributed by atoms with Gasteiger partial charge >= 0.3 is 6.09 Å². The van der Waals surface area contributed by atoms with Crippen molar-refractivity contribution in [2.24, 2.45) is 5.92 Å². The highest BCUT2D eigenvalue weighted by atomic mass is 28.4. The maximum absolute atomic E-state index is 12.0. The topological polar surface area (TPSA) is 56.8 Å². The SMILES string of the molecule is CC(COC1CCC(CO[Si](c2ccccc2)(c2ccccc2)C(C)(C)C)CC1)NC(=O)OC(C)(C)C. The van der Waals surface area contributed by atoms with Gasteiger partial charge in [0.05, 0.1) is 18.8 Å². The molecule has 6 heteroatoms. The maximum Gasteiger partial charge on any atom is 0.407 e. The highest BCUT2D eigenvalue weighted by molar-refractivity contribution is 6.99. The van der Waals surface area contributed by atoms with Crippen molar-refractivity contribution in [2.45, 2.75) is 96.9 Å². The minimum atomic E-state index is -2.50. The normalized spacial score (nSPS) is 19.8. The lowest BCUT2D eigenvalue weighted by Gasteiger charge is -2.44. The lowest BCUT2D eigenvalue weighted by Crippen LogP contribution is -2.67. The van der Waals surface area contributed by atoms with Gasteiger partial charge in [-0.25, -0.2) is 4.79 Å². The Labute approximate surface area is 225 Å². The van der Waals surface area contributed by atoms with Crippen LogP contribution in [0.5, 0.6) is 0 Å². The average molecular weight is 526 g/mol. The molecule has 2 aromatic carbocycles. The summed E-state index contributed by atoms with van der Waals surface area (Å²) < 4.78 is 18.7. The summed E-state index contributed by atoms with van der Waals surface area (Å²) in [6.07, 6.45) is 4.06. The van der Waals surface area contributed by atoms with Gasteiger partial charge in [0.25, 0.3) is 8.32 Å². The summed E-state index contributed by atoms with van der Waals surface area (Å²) in [7, 11) is -2.50. The molecule has 3 rings (SSSR count). The predicted octanol–water partition coefficient (Wildman–Crippen LogP) is 6.05. The third-order valence-electron chi connectivity index (χ3n) is 7.09. The molecule has 0 bridgehead atoms. The second kappa shape index (κ2) is 12.6. The van der Waals surface area contributed by atoms with Gasteiger partial charge in [-0.15, -0.1) is 0 Å². The summed E-state index contributed by atoms with van der Waals surface area (Å²) in [5, 5.41) is 5.52. The van der Waals surface area contributed by atoms with Gasteiger partial charge in [0.1, 0.15) is 5.60 Å². The molecular weight excluding hydrogens is 478 g/mol. The van der Waals surface area contributed by atoms with Crippen LogP contribution in [0.2, 0.25) is 5.04 Å². The van der Waals surface area contributed by atoms with Crippen LogP contribution in [0.1, 0.15) is 74.1 Å². The quantitative estimate of drug-likeness (QED) is 0.405. The van der Waals surface area contributed by atoms with Crippen molar-refractivity contribution < 1.29 is 18.7 Å². The van der Waals surface area contributed by atoms with E-state index in [1.807, 2.05) is 27.7 Å². The number of rotatable bonds is 9. The number of carbonyl (C=O) groups excluding carboxylic acids is 1. The number of hydrogen-bond donors (Lipinski definition) is 1. The molecule has 37 heavy (non-hydrogen) atoms. The van der Waals surface area contributed by atoms with Gasteiger partial charge in [0.15, 0.2) is 0 Å². The van der Waals surface area contributed by atoms with E-state index in [1.54, 1.807) is 0 Å². The summed E-state index contributed by atoms with van der Waals surface area (Å²) in [4.78, 5) is 12.0. The zero-order valence-electron chi connectivity index (χ0n) is 23.9. The minimum Gasteiger partial charge on any atom is -0.444 e. The summed E-state index contributed by atoms with van der Waals surface area (Å²) in [6, 6.07) is 21.6. The van der Waals surface area contributed by atoms with Crippen molar-refractivity contribution in [1.29, 1.82) is 0 Å². The third-order valence-corrected chi connectivity index (χ3v) is 12.1. The lowest BCUT2D eigenvalue weighted by molar-refractivity contribution is 0.000317. The standard InChI is InChI=1S/C31H47NO4Si/c1-24(32-29(33)36-30(2,3)4)22-34-26-20-18-25(19-21-26)23-35-37(31(5,6)7,27-14-10-8-11-15-27)28-16-12-9-13-17-28/h8-17,24-26H,18-23H2,1-7H3,(H,32,33). The molecule has 0 saturated heterocycles. The molecule has 0 spiro atoms. The van der Waals surface area contributed by atoms with Crippen molar-refractivity contribution in [1.82, 2.24) is 5.32 Å². The van der Waals surface area contributed by atoms with Crippen LogP contribution in [0, 0.1) is 5.92 Å². The fourth-order valence-corrected chi connectivity index (χ4v) is 9.94. The summed E-state index contributed by atoms with van der Waals surface area (Å²) >= 11 is 0. The average Bonchev–Trinajstić information content (AvgIpc) is 2.83.